The van der Waals surface area contributed by atoms with Crippen molar-refractivity contribution in [3.8, 4) is 0 Å². The number of rotatable bonds is 6. The molecular formula is C16H20N4O2. The molecule has 1 heterocycles. The van der Waals surface area contributed by atoms with Crippen LogP contribution in [0.4, 0.5) is 17.3 Å². The molecule has 6 nitrogen and oxygen atoms in total. The standard InChI is InChI=1S/C16H20N4O2/c1-10(2)9-17-14-8-15(19-11(3)18-14)20-13-6-4-5-12(7-13)16(21)22/h4-8,10H,9H2,1-3H3,(H,21,22)(H2,17,18,19,20). The summed E-state index contributed by atoms with van der Waals surface area (Å²) in [6.07, 6.45) is 0. The SMILES string of the molecule is Cc1nc(NCC(C)C)cc(Nc2cccc(C(=O)O)c2)n1. The third-order valence-electron chi connectivity index (χ3n) is 2.91. The smallest absolute Gasteiger partial charge is 0.335 e. The molecule has 0 aliphatic carbocycles. The lowest BCUT2D eigenvalue weighted by atomic mass is 10.2. The van der Waals surface area contributed by atoms with Crippen LogP contribution in [0.2, 0.25) is 0 Å². The number of carboxylic acids is 1. The summed E-state index contributed by atoms with van der Waals surface area (Å²) >= 11 is 0. The highest BCUT2D eigenvalue weighted by atomic mass is 16.4. The second kappa shape index (κ2) is 6.89. The highest BCUT2D eigenvalue weighted by Gasteiger charge is 2.06. The quantitative estimate of drug-likeness (QED) is 0.758. The zero-order valence-corrected chi connectivity index (χ0v) is 12.9. The molecule has 0 aliphatic heterocycles. The van der Waals surface area contributed by atoms with E-state index in [1.807, 2.05) is 13.0 Å². The number of benzene rings is 1. The summed E-state index contributed by atoms with van der Waals surface area (Å²) < 4.78 is 0. The number of nitrogens with one attached hydrogen (secondary N) is 2. The van der Waals surface area contributed by atoms with E-state index < -0.39 is 5.97 Å². The van der Waals surface area contributed by atoms with Gasteiger partial charge in [0.05, 0.1) is 5.56 Å². The number of carbonyl (C=O) groups is 1. The molecule has 0 spiro atoms. The van der Waals surface area contributed by atoms with Crippen LogP contribution in [-0.4, -0.2) is 27.6 Å². The Hall–Kier alpha value is -2.63. The highest BCUT2D eigenvalue weighted by molar-refractivity contribution is 5.89. The van der Waals surface area contributed by atoms with Crippen molar-refractivity contribution in [1.82, 2.24) is 9.97 Å². The van der Waals surface area contributed by atoms with Crippen LogP contribution in [0.3, 0.4) is 0 Å². The molecule has 1 aromatic heterocycles. The zero-order valence-electron chi connectivity index (χ0n) is 12.9. The summed E-state index contributed by atoms with van der Waals surface area (Å²) in [5.41, 5.74) is 0.904. The fourth-order valence-corrected chi connectivity index (χ4v) is 1.91. The third kappa shape index (κ3) is 4.44. The average Bonchev–Trinajstić information content (AvgIpc) is 2.45. The number of carboxylic acid groups (broad SMARTS) is 1. The summed E-state index contributed by atoms with van der Waals surface area (Å²) in [7, 11) is 0. The molecule has 0 bridgehead atoms. The lowest BCUT2D eigenvalue weighted by Crippen LogP contribution is -2.10. The van der Waals surface area contributed by atoms with Crippen LogP contribution in [0.1, 0.15) is 30.0 Å². The van der Waals surface area contributed by atoms with Gasteiger partial charge < -0.3 is 15.7 Å². The molecule has 116 valence electrons. The van der Waals surface area contributed by atoms with Crippen molar-refractivity contribution >= 4 is 23.3 Å². The first-order valence-electron chi connectivity index (χ1n) is 7.14. The largest absolute Gasteiger partial charge is 0.478 e. The Morgan fingerprint density at radius 2 is 1.95 bits per heavy atom. The van der Waals surface area contributed by atoms with E-state index in [-0.39, 0.29) is 5.56 Å². The first kappa shape index (κ1) is 15.8. The predicted octanol–water partition coefficient (Wildman–Crippen LogP) is 3.29. The van der Waals surface area contributed by atoms with E-state index in [1.165, 1.54) is 0 Å². The molecule has 0 radical (unpaired) electrons. The Morgan fingerprint density at radius 3 is 2.64 bits per heavy atom. The van der Waals surface area contributed by atoms with E-state index in [0.717, 1.165) is 12.4 Å². The van der Waals surface area contributed by atoms with Crippen LogP contribution >= 0.6 is 0 Å². The lowest BCUT2D eigenvalue weighted by molar-refractivity contribution is 0.0697. The number of nitrogens with zero attached hydrogens (tertiary/aromatic N) is 2. The molecule has 6 heteroatoms. The average molecular weight is 300 g/mol. The van der Waals surface area contributed by atoms with Gasteiger partial charge in [0.15, 0.2) is 0 Å². The Labute approximate surface area is 129 Å². The molecule has 22 heavy (non-hydrogen) atoms. The topological polar surface area (TPSA) is 87.1 Å². The number of aromatic carboxylic acids is 1. The lowest BCUT2D eigenvalue weighted by Gasteiger charge is -2.11. The van der Waals surface area contributed by atoms with Crippen molar-refractivity contribution < 1.29 is 9.90 Å². The van der Waals surface area contributed by atoms with Gasteiger partial charge in [-0.05, 0) is 31.0 Å². The maximum Gasteiger partial charge on any atom is 0.335 e. The van der Waals surface area contributed by atoms with E-state index in [4.69, 9.17) is 5.11 Å². The summed E-state index contributed by atoms with van der Waals surface area (Å²) in [5.74, 6) is 1.57. The van der Waals surface area contributed by atoms with E-state index >= 15 is 0 Å². The van der Waals surface area contributed by atoms with Crippen LogP contribution in [0, 0.1) is 12.8 Å². The van der Waals surface area contributed by atoms with Crippen molar-refractivity contribution in [2.45, 2.75) is 20.8 Å². The minimum atomic E-state index is -0.957. The summed E-state index contributed by atoms with van der Waals surface area (Å²) in [6, 6.07) is 8.42. The van der Waals surface area contributed by atoms with Gasteiger partial charge in [0.2, 0.25) is 0 Å². The monoisotopic (exact) mass is 300 g/mol. The minimum Gasteiger partial charge on any atom is -0.478 e. The first-order valence-corrected chi connectivity index (χ1v) is 7.14. The van der Waals surface area contributed by atoms with E-state index in [2.05, 4.69) is 34.4 Å². The van der Waals surface area contributed by atoms with Crippen molar-refractivity contribution in [3.63, 3.8) is 0 Å². The molecule has 0 saturated carbocycles. The summed E-state index contributed by atoms with van der Waals surface area (Å²) in [6.45, 7) is 6.89. The Morgan fingerprint density at radius 1 is 1.23 bits per heavy atom. The zero-order chi connectivity index (χ0) is 16.1. The molecular weight excluding hydrogens is 280 g/mol. The molecule has 1 aromatic carbocycles. The van der Waals surface area contributed by atoms with Gasteiger partial charge >= 0.3 is 5.97 Å². The van der Waals surface area contributed by atoms with Gasteiger partial charge in [-0.2, -0.15) is 0 Å². The van der Waals surface area contributed by atoms with Gasteiger partial charge in [0, 0.05) is 18.3 Å². The number of aryl methyl sites for hydroxylation is 1. The third-order valence-corrected chi connectivity index (χ3v) is 2.91. The predicted molar refractivity (Wildman–Crippen MR) is 86.8 cm³/mol. The highest BCUT2D eigenvalue weighted by Crippen LogP contribution is 2.18. The second-order valence-electron chi connectivity index (χ2n) is 5.47. The normalized spacial score (nSPS) is 10.5. The maximum atomic E-state index is 11.0. The van der Waals surface area contributed by atoms with Crippen molar-refractivity contribution in [1.29, 1.82) is 0 Å². The fourth-order valence-electron chi connectivity index (χ4n) is 1.91. The minimum absolute atomic E-state index is 0.230. The Kier molecular flexibility index (Phi) is 4.93. The second-order valence-corrected chi connectivity index (χ2v) is 5.47. The molecule has 2 aromatic rings. The Bertz CT molecular complexity index is 671. The maximum absolute atomic E-state index is 11.0. The van der Waals surface area contributed by atoms with Crippen LogP contribution in [-0.2, 0) is 0 Å². The van der Waals surface area contributed by atoms with Crippen LogP contribution in [0.5, 0.6) is 0 Å². The van der Waals surface area contributed by atoms with Crippen molar-refractivity contribution in [3.05, 3.63) is 41.7 Å². The first-order chi connectivity index (χ1) is 10.4. The molecule has 0 fully saturated rings. The molecule has 2 rings (SSSR count). The van der Waals surface area contributed by atoms with Gasteiger partial charge in [-0.3, -0.25) is 0 Å². The van der Waals surface area contributed by atoms with Crippen LogP contribution in [0.15, 0.2) is 30.3 Å². The van der Waals surface area contributed by atoms with Gasteiger partial charge in [-0.25, -0.2) is 14.8 Å². The van der Waals surface area contributed by atoms with Gasteiger partial charge in [0.25, 0.3) is 0 Å². The Balaban J connectivity index is 2.18. The molecule has 0 atom stereocenters. The van der Waals surface area contributed by atoms with E-state index in [9.17, 15) is 4.79 Å². The molecule has 0 unspecified atom stereocenters. The number of hydrogen-bond acceptors (Lipinski definition) is 5. The fraction of sp³-hybridized carbons (Fsp3) is 0.312. The van der Waals surface area contributed by atoms with Crippen molar-refractivity contribution in [2.24, 2.45) is 5.92 Å². The van der Waals surface area contributed by atoms with Crippen LogP contribution in [0.25, 0.3) is 0 Å². The number of hydrogen-bond donors (Lipinski definition) is 3. The van der Waals surface area contributed by atoms with Crippen molar-refractivity contribution in [2.75, 3.05) is 17.2 Å². The molecule has 0 aliphatic rings. The van der Waals surface area contributed by atoms with Gasteiger partial charge in [-0.15, -0.1) is 0 Å². The van der Waals surface area contributed by atoms with Gasteiger partial charge in [0.1, 0.15) is 17.5 Å². The number of aromatic nitrogens is 2. The van der Waals surface area contributed by atoms with E-state index in [0.29, 0.717) is 23.2 Å². The summed E-state index contributed by atoms with van der Waals surface area (Å²) in [5, 5.41) is 15.4. The van der Waals surface area contributed by atoms with E-state index in [1.54, 1.807) is 24.3 Å². The van der Waals surface area contributed by atoms with Gasteiger partial charge in [-0.1, -0.05) is 19.9 Å². The molecule has 3 N–H and O–H groups in total. The number of anilines is 3. The molecule has 0 saturated heterocycles. The molecule has 0 amide bonds. The van der Waals surface area contributed by atoms with Crippen LogP contribution < -0.4 is 10.6 Å². The summed E-state index contributed by atoms with van der Waals surface area (Å²) in [4.78, 5) is 19.7.